The Morgan fingerprint density at radius 3 is 2.13 bits per heavy atom. The van der Waals surface area contributed by atoms with Crippen LogP contribution in [0.15, 0.2) is 30.3 Å². The van der Waals surface area contributed by atoms with Crippen molar-refractivity contribution in [2.24, 2.45) is 5.92 Å². The maximum absolute atomic E-state index is 13.6. The maximum Gasteiger partial charge on any atom is 0.417 e. The van der Waals surface area contributed by atoms with Crippen LogP contribution in [-0.4, -0.2) is 34.5 Å². The van der Waals surface area contributed by atoms with Crippen molar-refractivity contribution in [2.45, 2.75) is 35.2 Å². The first-order valence-electron chi connectivity index (χ1n) is 10.3. The topological polar surface area (TPSA) is 58.2 Å². The van der Waals surface area contributed by atoms with Gasteiger partial charge in [0.25, 0.3) is 5.91 Å². The summed E-state index contributed by atoms with van der Waals surface area (Å²) in [5.41, 5.74) is -3.07. The minimum Gasteiger partial charge on any atom is -0.346 e. The summed E-state index contributed by atoms with van der Waals surface area (Å²) in [6.45, 7) is -2.03. The predicted octanol–water partition coefficient (Wildman–Crippen LogP) is 7.70. The highest BCUT2D eigenvalue weighted by Gasteiger charge is 2.67. The van der Waals surface area contributed by atoms with Crippen LogP contribution < -0.4 is 10.6 Å². The van der Waals surface area contributed by atoms with E-state index in [2.05, 4.69) is 5.32 Å². The van der Waals surface area contributed by atoms with Crippen LogP contribution in [0.5, 0.6) is 0 Å². The van der Waals surface area contributed by atoms with E-state index < -0.39 is 80.2 Å². The number of hydrogen-bond donors (Lipinski definition) is 2. The second-order valence-corrected chi connectivity index (χ2v) is 10.7. The monoisotopic (exact) mass is 630 g/mol. The Kier molecular flexibility index (Phi) is 8.18. The average Bonchev–Trinajstić information content (AvgIpc) is 3.35. The molecule has 2 unspecified atom stereocenters. The second-order valence-electron chi connectivity index (χ2n) is 8.45. The molecule has 1 saturated carbocycles. The van der Waals surface area contributed by atoms with Crippen LogP contribution in [-0.2, 0) is 11.0 Å². The zero-order chi connectivity index (χ0) is 29.0. The van der Waals surface area contributed by atoms with E-state index in [4.69, 9.17) is 46.4 Å². The van der Waals surface area contributed by atoms with Crippen LogP contribution in [0.1, 0.15) is 34.3 Å². The number of carbonyl (C=O) groups is 2. The Hall–Kier alpha value is -2.02. The number of halogens is 12. The van der Waals surface area contributed by atoms with Gasteiger partial charge in [-0.3, -0.25) is 9.59 Å². The molecule has 0 heterocycles. The summed E-state index contributed by atoms with van der Waals surface area (Å²) < 4.78 is 105. The van der Waals surface area contributed by atoms with Gasteiger partial charge in [0.1, 0.15) is 10.2 Å². The minimum absolute atomic E-state index is 0.108. The van der Waals surface area contributed by atoms with Gasteiger partial charge in [0.2, 0.25) is 5.91 Å². The zero-order valence-electron chi connectivity index (χ0n) is 18.6. The molecule has 0 bridgehead atoms. The van der Waals surface area contributed by atoms with Crippen molar-refractivity contribution in [3.8, 4) is 0 Å². The zero-order valence-corrected chi connectivity index (χ0v) is 21.6. The molecular formula is C22H14Cl4F8N2O2. The number of benzene rings is 2. The van der Waals surface area contributed by atoms with Crippen LogP contribution >= 0.6 is 46.4 Å². The van der Waals surface area contributed by atoms with E-state index >= 15 is 0 Å². The largest absolute Gasteiger partial charge is 0.417 e. The number of carbonyl (C=O) groups excluding carboxylic acids is 2. The van der Waals surface area contributed by atoms with Gasteiger partial charge in [0.15, 0.2) is 0 Å². The Bertz CT molecular complexity index is 1280. The third kappa shape index (κ3) is 6.08. The van der Waals surface area contributed by atoms with Crippen LogP contribution in [0.3, 0.4) is 0 Å². The maximum atomic E-state index is 13.6. The Labute approximate surface area is 229 Å². The highest BCUT2D eigenvalue weighted by Crippen LogP contribution is 2.65. The molecule has 2 aromatic carbocycles. The lowest BCUT2D eigenvalue weighted by Crippen LogP contribution is -2.47. The van der Waals surface area contributed by atoms with Gasteiger partial charge in [-0.15, -0.1) is 23.2 Å². The van der Waals surface area contributed by atoms with Crippen molar-refractivity contribution in [1.29, 1.82) is 0 Å². The summed E-state index contributed by atoms with van der Waals surface area (Å²) in [7, 11) is 0. The Morgan fingerprint density at radius 2 is 1.61 bits per heavy atom. The molecule has 2 amide bonds. The molecule has 0 spiro atoms. The van der Waals surface area contributed by atoms with Crippen LogP contribution in [0.4, 0.5) is 40.8 Å². The molecule has 0 radical (unpaired) electrons. The van der Waals surface area contributed by atoms with Crippen LogP contribution in [0, 0.1) is 11.7 Å². The number of alkyl halides is 9. The number of rotatable bonds is 7. The lowest BCUT2D eigenvalue weighted by molar-refractivity contribution is -0.192. The summed E-state index contributed by atoms with van der Waals surface area (Å²) in [6.07, 6.45) is -5.18. The van der Waals surface area contributed by atoms with Crippen molar-refractivity contribution in [3.05, 3.63) is 62.9 Å². The standard InChI is InChI=1S/C22H14Cl4F8N2O2/c1-19(28,29)20(30,31)7-35-17(37)10-5-9(6-11(16(10)24)22(32,33)34)36-18(38)15-14(21(15,25)26)8-2-3-13(27)12(23)4-8/h2-6,14-15H,7H2,1H3,(H,35,37)(H,36,38). The van der Waals surface area contributed by atoms with Crippen molar-refractivity contribution >= 4 is 63.9 Å². The van der Waals surface area contributed by atoms with Gasteiger partial charge in [-0.1, -0.05) is 29.3 Å². The van der Waals surface area contributed by atoms with E-state index in [9.17, 15) is 44.7 Å². The predicted molar refractivity (Wildman–Crippen MR) is 125 cm³/mol. The number of amides is 2. The quantitative estimate of drug-likeness (QED) is 0.243. The van der Waals surface area contributed by atoms with E-state index in [1.807, 2.05) is 0 Å². The number of nitrogens with one attached hydrogen (secondary N) is 2. The molecule has 2 N–H and O–H groups in total. The SMILES string of the molecule is CC(F)(F)C(F)(F)CNC(=O)c1cc(NC(=O)C2C(c3ccc(F)c(Cl)c3)C2(Cl)Cl)cc(C(F)(F)F)c1Cl. The third-order valence-corrected chi connectivity index (χ3v) is 7.28. The van der Waals surface area contributed by atoms with Gasteiger partial charge in [-0.25, -0.2) is 13.2 Å². The summed E-state index contributed by atoms with van der Waals surface area (Å²) in [5, 5.41) is 1.98. The van der Waals surface area contributed by atoms with E-state index in [0.717, 1.165) is 12.1 Å². The molecule has 1 fully saturated rings. The fraction of sp³-hybridized carbons (Fsp3) is 0.364. The first-order chi connectivity index (χ1) is 17.2. The van der Waals surface area contributed by atoms with Gasteiger partial charge in [0, 0.05) is 18.5 Å². The molecule has 208 valence electrons. The van der Waals surface area contributed by atoms with Crippen LogP contribution in [0.2, 0.25) is 10.0 Å². The first-order valence-corrected chi connectivity index (χ1v) is 11.8. The molecule has 2 atom stereocenters. The van der Waals surface area contributed by atoms with Crippen LogP contribution in [0.25, 0.3) is 0 Å². The highest BCUT2D eigenvalue weighted by molar-refractivity contribution is 6.53. The Morgan fingerprint density at radius 1 is 1.00 bits per heavy atom. The van der Waals surface area contributed by atoms with E-state index in [1.54, 1.807) is 0 Å². The van der Waals surface area contributed by atoms with Crippen molar-refractivity contribution in [1.82, 2.24) is 5.32 Å². The molecule has 2 aromatic rings. The fourth-order valence-electron chi connectivity index (χ4n) is 3.50. The summed E-state index contributed by atoms with van der Waals surface area (Å²) >= 11 is 23.7. The van der Waals surface area contributed by atoms with Gasteiger partial charge in [0.05, 0.1) is 33.6 Å². The number of anilines is 1. The first kappa shape index (κ1) is 30.5. The average molecular weight is 632 g/mol. The second kappa shape index (κ2) is 10.2. The van der Waals surface area contributed by atoms with Crippen molar-refractivity contribution in [3.63, 3.8) is 0 Å². The fourth-order valence-corrected chi connectivity index (χ4v) is 4.82. The molecule has 38 heavy (non-hydrogen) atoms. The van der Waals surface area contributed by atoms with Crippen molar-refractivity contribution in [2.75, 3.05) is 11.9 Å². The molecular weight excluding hydrogens is 618 g/mol. The molecule has 0 aromatic heterocycles. The molecule has 16 heteroatoms. The minimum atomic E-state index is -5.18. The summed E-state index contributed by atoms with van der Waals surface area (Å²) in [6, 6.07) is 4.40. The Balaban J connectivity index is 1.90. The normalized spacial score (nSPS) is 19.2. The smallest absolute Gasteiger partial charge is 0.346 e. The number of hydrogen-bond acceptors (Lipinski definition) is 2. The molecule has 0 saturated heterocycles. The van der Waals surface area contributed by atoms with Gasteiger partial charge in [-0.05, 0) is 29.8 Å². The molecule has 3 rings (SSSR count). The molecule has 1 aliphatic rings. The molecule has 1 aliphatic carbocycles. The third-order valence-electron chi connectivity index (χ3n) is 5.64. The summed E-state index contributed by atoms with van der Waals surface area (Å²) in [4.78, 5) is 25.2. The summed E-state index contributed by atoms with van der Waals surface area (Å²) in [5.74, 6) is -14.9. The molecule has 0 aliphatic heterocycles. The van der Waals surface area contributed by atoms with Crippen molar-refractivity contribution < 1.29 is 44.7 Å². The van der Waals surface area contributed by atoms with E-state index in [0.29, 0.717) is 12.1 Å². The van der Waals surface area contributed by atoms with Gasteiger partial charge >= 0.3 is 18.0 Å². The van der Waals surface area contributed by atoms with E-state index in [-0.39, 0.29) is 17.5 Å². The molecule has 4 nitrogen and oxygen atoms in total. The lowest BCUT2D eigenvalue weighted by Gasteiger charge is -2.23. The van der Waals surface area contributed by atoms with E-state index in [1.165, 1.54) is 11.4 Å². The van der Waals surface area contributed by atoms with Gasteiger partial charge < -0.3 is 10.6 Å². The van der Waals surface area contributed by atoms with Gasteiger partial charge in [-0.2, -0.15) is 22.0 Å². The highest BCUT2D eigenvalue weighted by atomic mass is 35.5. The lowest BCUT2D eigenvalue weighted by atomic mass is 10.1.